The summed E-state index contributed by atoms with van der Waals surface area (Å²) in [6.45, 7) is 12.3. The Labute approximate surface area is 231 Å². The third kappa shape index (κ3) is 6.09. The molecule has 2 aromatic carbocycles. The largest absolute Gasteiger partial charge is 0.324 e. The standard InChI is InChI=1S/C32H41N5O2/c1-21-9-11-25(12-10-21)37-27(20-26(36-37)31(2,3)4)35-30(39)34-24-8-6-7-23(19-24)28(22-13-17-33-18-14-22)29(38)32(5)15-16-32/h6-12,19-20,22,28,33H,13-18H2,1-5H3,(H2,34,35,39). The highest BCUT2D eigenvalue weighted by molar-refractivity contribution is 6.00. The van der Waals surface area contributed by atoms with Gasteiger partial charge in [-0.15, -0.1) is 0 Å². The first-order valence-corrected chi connectivity index (χ1v) is 14.1. The molecule has 1 aromatic heterocycles. The van der Waals surface area contributed by atoms with E-state index in [4.69, 9.17) is 5.10 Å². The molecule has 5 rings (SSSR count). The van der Waals surface area contributed by atoms with Crippen LogP contribution in [0.1, 0.15) is 76.1 Å². The van der Waals surface area contributed by atoms with Crippen LogP contribution in [0.3, 0.4) is 0 Å². The number of aryl methyl sites for hydroxylation is 1. The Morgan fingerprint density at radius 2 is 1.72 bits per heavy atom. The van der Waals surface area contributed by atoms with Crippen LogP contribution in [0.4, 0.5) is 16.3 Å². The van der Waals surface area contributed by atoms with Crippen LogP contribution in [-0.4, -0.2) is 34.7 Å². The smallest absolute Gasteiger partial charge is 0.317 e. The van der Waals surface area contributed by atoms with E-state index in [1.54, 1.807) is 4.68 Å². The van der Waals surface area contributed by atoms with Crippen LogP contribution >= 0.6 is 0 Å². The zero-order valence-electron chi connectivity index (χ0n) is 23.8. The van der Waals surface area contributed by atoms with E-state index >= 15 is 0 Å². The Kier molecular flexibility index (Phi) is 7.38. The highest BCUT2D eigenvalue weighted by Crippen LogP contribution is 2.51. The number of ketones is 1. The van der Waals surface area contributed by atoms with Crippen molar-refractivity contribution in [3.05, 3.63) is 71.4 Å². The molecule has 1 unspecified atom stereocenters. The van der Waals surface area contributed by atoms with Gasteiger partial charge in [0, 0.05) is 28.5 Å². The summed E-state index contributed by atoms with van der Waals surface area (Å²) in [5, 5.41) is 14.2. The maximum atomic E-state index is 13.6. The number of carbonyl (C=O) groups is 2. The van der Waals surface area contributed by atoms with E-state index < -0.39 is 0 Å². The lowest BCUT2D eigenvalue weighted by atomic mass is 9.74. The molecule has 3 N–H and O–H groups in total. The normalized spacial score (nSPS) is 17.9. The maximum Gasteiger partial charge on any atom is 0.324 e. The summed E-state index contributed by atoms with van der Waals surface area (Å²) in [5.74, 6) is 1.14. The van der Waals surface area contributed by atoms with Gasteiger partial charge in [-0.3, -0.25) is 10.1 Å². The molecular formula is C32H41N5O2. The first-order valence-electron chi connectivity index (χ1n) is 14.1. The summed E-state index contributed by atoms with van der Waals surface area (Å²) in [5.41, 5.74) is 4.22. The zero-order chi connectivity index (χ0) is 27.8. The number of urea groups is 1. The second-order valence-corrected chi connectivity index (χ2v) is 12.6. The molecule has 2 fully saturated rings. The summed E-state index contributed by atoms with van der Waals surface area (Å²) in [4.78, 5) is 26.9. The maximum absolute atomic E-state index is 13.6. The molecule has 2 amide bonds. The molecular weight excluding hydrogens is 486 g/mol. The lowest BCUT2D eigenvalue weighted by Gasteiger charge is -2.32. The number of Topliss-reactive ketones (excluding diaryl/α,β-unsaturated/α-hetero) is 1. The molecule has 206 valence electrons. The van der Waals surface area contributed by atoms with Crippen molar-refractivity contribution >= 4 is 23.3 Å². The third-order valence-corrected chi connectivity index (χ3v) is 8.23. The van der Waals surface area contributed by atoms with Crippen LogP contribution in [0.2, 0.25) is 0 Å². The predicted octanol–water partition coefficient (Wildman–Crippen LogP) is 6.57. The van der Waals surface area contributed by atoms with Crippen molar-refractivity contribution < 1.29 is 9.59 Å². The summed E-state index contributed by atoms with van der Waals surface area (Å²) in [6, 6.07) is 17.5. The second kappa shape index (κ2) is 10.6. The van der Waals surface area contributed by atoms with Crippen molar-refractivity contribution in [2.75, 3.05) is 23.7 Å². The third-order valence-electron chi connectivity index (χ3n) is 8.23. The summed E-state index contributed by atoms with van der Waals surface area (Å²) in [6.07, 6.45) is 3.92. The molecule has 3 aromatic rings. The van der Waals surface area contributed by atoms with Crippen LogP contribution < -0.4 is 16.0 Å². The van der Waals surface area contributed by atoms with Gasteiger partial charge in [0.15, 0.2) is 0 Å². The van der Waals surface area contributed by atoms with Gasteiger partial charge in [-0.25, -0.2) is 9.48 Å². The van der Waals surface area contributed by atoms with Crippen molar-refractivity contribution in [2.45, 2.75) is 71.6 Å². The number of hydrogen-bond donors (Lipinski definition) is 3. The highest BCUT2D eigenvalue weighted by atomic mass is 16.2. The number of hydrogen-bond acceptors (Lipinski definition) is 4. The van der Waals surface area contributed by atoms with Crippen molar-refractivity contribution in [1.29, 1.82) is 0 Å². The number of nitrogens with one attached hydrogen (secondary N) is 3. The molecule has 1 aliphatic heterocycles. The van der Waals surface area contributed by atoms with E-state index in [-0.39, 0.29) is 22.8 Å². The zero-order valence-corrected chi connectivity index (χ0v) is 23.8. The lowest BCUT2D eigenvalue weighted by Crippen LogP contribution is -2.35. The number of benzene rings is 2. The number of nitrogens with zero attached hydrogens (tertiary/aromatic N) is 2. The van der Waals surface area contributed by atoms with Crippen LogP contribution in [0, 0.1) is 18.3 Å². The van der Waals surface area contributed by atoms with Gasteiger partial charge in [-0.2, -0.15) is 5.10 Å². The minimum absolute atomic E-state index is 0.137. The van der Waals surface area contributed by atoms with Crippen molar-refractivity contribution in [3.63, 3.8) is 0 Å². The van der Waals surface area contributed by atoms with Gasteiger partial charge in [0.05, 0.1) is 11.4 Å². The van der Waals surface area contributed by atoms with Gasteiger partial charge in [0.2, 0.25) is 0 Å². The molecule has 2 heterocycles. The fourth-order valence-electron chi connectivity index (χ4n) is 5.43. The molecule has 7 nitrogen and oxygen atoms in total. The van der Waals surface area contributed by atoms with E-state index in [1.807, 2.05) is 61.5 Å². The fourth-order valence-corrected chi connectivity index (χ4v) is 5.43. The Morgan fingerprint density at radius 3 is 2.36 bits per heavy atom. The van der Waals surface area contributed by atoms with Gasteiger partial charge < -0.3 is 10.6 Å². The first kappa shape index (κ1) is 27.1. The van der Waals surface area contributed by atoms with Crippen LogP contribution in [0.5, 0.6) is 0 Å². The van der Waals surface area contributed by atoms with E-state index in [2.05, 4.69) is 43.6 Å². The Morgan fingerprint density at radius 1 is 1.03 bits per heavy atom. The minimum Gasteiger partial charge on any atom is -0.317 e. The molecule has 1 aliphatic carbocycles. The van der Waals surface area contributed by atoms with Crippen molar-refractivity contribution in [3.8, 4) is 5.69 Å². The van der Waals surface area contributed by atoms with Gasteiger partial charge in [-0.1, -0.05) is 57.5 Å². The predicted molar refractivity (Wildman–Crippen MR) is 157 cm³/mol. The van der Waals surface area contributed by atoms with E-state index in [1.165, 1.54) is 0 Å². The van der Waals surface area contributed by atoms with E-state index in [9.17, 15) is 9.59 Å². The fraction of sp³-hybridized carbons (Fsp3) is 0.469. The van der Waals surface area contributed by atoms with Gasteiger partial charge in [0.25, 0.3) is 0 Å². The Hall–Kier alpha value is -3.45. The topological polar surface area (TPSA) is 88.1 Å². The highest BCUT2D eigenvalue weighted by Gasteiger charge is 2.49. The minimum atomic E-state index is -0.347. The molecule has 0 radical (unpaired) electrons. The summed E-state index contributed by atoms with van der Waals surface area (Å²) >= 11 is 0. The summed E-state index contributed by atoms with van der Waals surface area (Å²) in [7, 11) is 0. The Bertz CT molecular complexity index is 1340. The molecule has 1 saturated heterocycles. The number of carbonyl (C=O) groups excluding carboxylic acids is 2. The number of rotatable bonds is 7. The van der Waals surface area contributed by atoms with E-state index in [0.717, 1.165) is 61.3 Å². The monoisotopic (exact) mass is 527 g/mol. The van der Waals surface area contributed by atoms with Crippen molar-refractivity contribution in [1.82, 2.24) is 15.1 Å². The average Bonchev–Trinajstić information content (AvgIpc) is 3.51. The quantitative estimate of drug-likeness (QED) is 0.324. The van der Waals surface area contributed by atoms with Crippen LogP contribution in [0.25, 0.3) is 5.69 Å². The van der Waals surface area contributed by atoms with Crippen LogP contribution in [-0.2, 0) is 10.2 Å². The van der Waals surface area contributed by atoms with E-state index in [0.29, 0.717) is 23.2 Å². The number of aromatic nitrogens is 2. The molecule has 2 aliphatic rings. The molecule has 1 saturated carbocycles. The molecule has 0 bridgehead atoms. The Balaban J connectivity index is 1.38. The number of piperidine rings is 1. The van der Waals surface area contributed by atoms with Crippen molar-refractivity contribution in [2.24, 2.45) is 11.3 Å². The average molecular weight is 528 g/mol. The van der Waals surface area contributed by atoms with Gasteiger partial charge in [0.1, 0.15) is 11.6 Å². The lowest BCUT2D eigenvalue weighted by molar-refractivity contribution is -0.126. The number of amides is 2. The van der Waals surface area contributed by atoms with Gasteiger partial charge >= 0.3 is 6.03 Å². The van der Waals surface area contributed by atoms with Gasteiger partial charge in [-0.05, 0) is 81.4 Å². The molecule has 39 heavy (non-hydrogen) atoms. The summed E-state index contributed by atoms with van der Waals surface area (Å²) < 4.78 is 1.78. The molecule has 0 spiro atoms. The first-order chi connectivity index (χ1) is 18.5. The second-order valence-electron chi connectivity index (χ2n) is 12.6. The molecule has 7 heteroatoms. The van der Waals surface area contributed by atoms with Crippen LogP contribution in [0.15, 0.2) is 54.6 Å². The SMILES string of the molecule is Cc1ccc(-n2nc(C(C)(C)C)cc2NC(=O)Nc2cccc(C(C(=O)C3(C)CC3)C3CCNCC3)c2)cc1. The number of anilines is 2. The molecule has 1 atom stereocenters.